The highest BCUT2D eigenvalue weighted by atomic mass is 32.2. The van der Waals surface area contributed by atoms with Crippen LogP contribution in [0.1, 0.15) is 16.1 Å². The predicted octanol–water partition coefficient (Wildman–Crippen LogP) is 2.68. The van der Waals surface area contributed by atoms with Gasteiger partial charge in [-0.2, -0.15) is 5.10 Å². The highest BCUT2D eigenvalue weighted by Crippen LogP contribution is 2.18. The van der Waals surface area contributed by atoms with Gasteiger partial charge in [-0.05, 0) is 49.4 Å². The Labute approximate surface area is 158 Å². The van der Waals surface area contributed by atoms with Gasteiger partial charge < -0.3 is 5.32 Å². The maximum atomic E-state index is 12.6. The van der Waals surface area contributed by atoms with Crippen molar-refractivity contribution >= 4 is 21.6 Å². The number of amides is 1. The molecule has 7 nitrogen and oxygen atoms in total. The monoisotopic (exact) mass is 384 g/mol. The second-order valence-electron chi connectivity index (χ2n) is 6.20. The molecule has 0 bridgehead atoms. The van der Waals surface area contributed by atoms with Gasteiger partial charge in [-0.25, -0.2) is 17.4 Å². The molecular weight excluding hydrogens is 364 g/mol. The number of benzene rings is 2. The number of rotatable bonds is 5. The number of nitrogens with zero attached hydrogens (tertiary/aromatic N) is 3. The summed E-state index contributed by atoms with van der Waals surface area (Å²) in [6, 6.07) is 15.1. The van der Waals surface area contributed by atoms with Gasteiger partial charge in [0.15, 0.2) is 0 Å². The van der Waals surface area contributed by atoms with Crippen LogP contribution >= 0.6 is 0 Å². The lowest BCUT2D eigenvalue weighted by molar-refractivity contribution is 0.102. The first-order valence-corrected chi connectivity index (χ1v) is 9.68. The summed E-state index contributed by atoms with van der Waals surface area (Å²) in [6.07, 6.45) is 1.71. The predicted molar refractivity (Wildman–Crippen MR) is 104 cm³/mol. The van der Waals surface area contributed by atoms with Crippen molar-refractivity contribution < 1.29 is 13.2 Å². The molecule has 0 unspecified atom stereocenters. The molecule has 27 heavy (non-hydrogen) atoms. The van der Waals surface area contributed by atoms with E-state index in [0.29, 0.717) is 5.69 Å². The van der Waals surface area contributed by atoms with E-state index < -0.39 is 10.0 Å². The number of carbonyl (C=O) groups is 1. The normalized spacial score (nSPS) is 11.6. The molecule has 0 atom stereocenters. The molecule has 1 aromatic heterocycles. The van der Waals surface area contributed by atoms with Crippen LogP contribution in [0.4, 0.5) is 5.69 Å². The van der Waals surface area contributed by atoms with Gasteiger partial charge in [-0.1, -0.05) is 12.1 Å². The molecule has 3 aromatic rings. The van der Waals surface area contributed by atoms with Gasteiger partial charge in [0.1, 0.15) is 0 Å². The Morgan fingerprint density at radius 3 is 2.48 bits per heavy atom. The van der Waals surface area contributed by atoms with Crippen molar-refractivity contribution in [2.24, 2.45) is 0 Å². The zero-order valence-electron chi connectivity index (χ0n) is 15.2. The smallest absolute Gasteiger partial charge is 0.255 e. The van der Waals surface area contributed by atoms with Crippen molar-refractivity contribution in [3.63, 3.8) is 0 Å². The first kappa shape index (κ1) is 18.8. The largest absolute Gasteiger partial charge is 0.322 e. The zero-order valence-corrected chi connectivity index (χ0v) is 16.1. The molecule has 0 aliphatic heterocycles. The molecule has 1 amide bonds. The number of hydrogen-bond acceptors (Lipinski definition) is 4. The highest BCUT2D eigenvalue weighted by Gasteiger charge is 2.18. The van der Waals surface area contributed by atoms with E-state index >= 15 is 0 Å². The third kappa shape index (κ3) is 3.91. The molecule has 8 heteroatoms. The summed E-state index contributed by atoms with van der Waals surface area (Å²) in [5.41, 5.74) is 2.64. The van der Waals surface area contributed by atoms with Gasteiger partial charge in [0.05, 0.1) is 10.6 Å². The molecular formula is C19H20N4O3S. The topological polar surface area (TPSA) is 84.3 Å². The maximum Gasteiger partial charge on any atom is 0.255 e. The molecule has 0 radical (unpaired) electrons. The van der Waals surface area contributed by atoms with Crippen LogP contribution in [0.2, 0.25) is 0 Å². The molecule has 0 aliphatic carbocycles. The number of aromatic nitrogens is 2. The second kappa shape index (κ2) is 7.34. The summed E-state index contributed by atoms with van der Waals surface area (Å²) < 4.78 is 27.4. The number of sulfonamides is 1. The van der Waals surface area contributed by atoms with Crippen LogP contribution in [-0.2, 0) is 10.0 Å². The van der Waals surface area contributed by atoms with Crippen molar-refractivity contribution in [1.82, 2.24) is 14.1 Å². The summed E-state index contributed by atoms with van der Waals surface area (Å²) in [7, 11) is -0.707. The minimum Gasteiger partial charge on any atom is -0.322 e. The van der Waals surface area contributed by atoms with Crippen LogP contribution < -0.4 is 5.32 Å². The van der Waals surface area contributed by atoms with E-state index in [2.05, 4.69) is 10.4 Å². The maximum absolute atomic E-state index is 12.6. The van der Waals surface area contributed by atoms with Gasteiger partial charge in [-0.3, -0.25) is 4.79 Å². The first-order chi connectivity index (χ1) is 12.8. The minimum absolute atomic E-state index is 0.0704. The number of hydrogen-bond donors (Lipinski definition) is 1. The zero-order chi connectivity index (χ0) is 19.6. The van der Waals surface area contributed by atoms with Crippen molar-refractivity contribution in [3.05, 3.63) is 72.1 Å². The van der Waals surface area contributed by atoms with Crippen LogP contribution in [0, 0.1) is 6.92 Å². The molecule has 0 aliphatic rings. The minimum atomic E-state index is -3.61. The summed E-state index contributed by atoms with van der Waals surface area (Å²) in [5.74, 6) is -0.389. The van der Waals surface area contributed by atoms with E-state index in [1.807, 2.05) is 25.1 Å². The van der Waals surface area contributed by atoms with Gasteiger partial charge >= 0.3 is 0 Å². The van der Waals surface area contributed by atoms with E-state index in [0.717, 1.165) is 15.7 Å². The SMILES string of the molecule is Cc1ccnn1-c1cccc(NC(=O)c2cccc(S(=O)(=O)N(C)C)c2)c1. The summed E-state index contributed by atoms with van der Waals surface area (Å²) >= 11 is 0. The molecule has 0 spiro atoms. The average molecular weight is 384 g/mol. The van der Waals surface area contributed by atoms with Crippen LogP contribution in [0.5, 0.6) is 0 Å². The van der Waals surface area contributed by atoms with E-state index in [-0.39, 0.29) is 16.4 Å². The molecule has 0 saturated heterocycles. The Balaban J connectivity index is 1.86. The number of anilines is 1. The average Bonchev–Trinajstić information content (AvgIpc) is 3.08. The van der Waals surface area contributed by atoms with Gasteiger partial charge in [-0.15, -0.1) is 0 Å². The van der Waals surface area contributed by atoms with Crippen LogP contribution in [0.3, 0.4) is 0 Å². The molecule has 3 rings (SSSR count). The Hall–Kier alpha value is -2.97. The molecule has 140 valence electrons. The van der Waals surface area contributed by atoms with E-state index in [1.165, 1.54) is 26.2 Å². The van der Waals surface area contributed by atoms with Gasteiger partial charge in [0, 0.05) is 37.2 Å². The Morgan fingerprint density at radius 1 is 1.07 bits per heavy atom. The van der Waals surface area contributed by atoms with Gasteiger partial charge in [0.2, 0.25) is 10.0 Å². The molecule has 1 heterocycles. The van der Waals surface area contributed by atoms with E-state index in [9.17, 15) is 13.2 Å². The fraction of sp³-hybridized carbons (Fsp3) is 0.158. The lowest BCUT2D eigenvalue weighted by Gasteiger charge is -2.12. The van der Waals surface area contributed by atoms with Crippen LogP contribution in [-0.4, -0.2) is 42.5 Å². The van der Waals surface area contributed by atoms with Crippen molar-refractivity contribution in [3.8, 4) is 5.69 Å². The quantitative estimate of drug-likeness (QED) is 0.733. The van der Waals surface area contributed by atoms with Gasteiger partial charge in [0.25, 0.3) is 5.91 Å². The summed E-state index contributed by atoms with van der Waals surface area (Å²) in [6.45, 7) is 1.94. The fourth-order valence-electron chi connectivity index (χ4n) is 2.57. The van der Waals surface area contributed by atoms with Crippen molar-refractivity contribution in [1.29, 1.82) is 0 Å². The van der Waals surface area contributed by atoms with Crippen LogP contribution in [0.15, 0.2) is 65.7 Å². The highest BCUT2D eigenvalue weighted by molar-refractivity contribution is 7.89. The Morgan fingerprint density at radius 2 is 1.81 bits per heavy atom. The molecule has 0 saturated carbocycles. The molecule has 2 aromatic carbocycles. The summed E-state index contributed by atoms with van der Waals surface area (Å²) in [4.78, 5) is 12.7. The van der Waals surface area contributed by atoms with Crippen LogP contribution in [0.25, 0.3) is 5.69 Å². The summed E-state index contributed by atoms with van der Waals surface area (Å²) in [5, 5.41) is 7.05. The number of nitrogens with one attached hydrogen (secondary N) is 1. The van der Waals surface area contributed by atoms with E-state index in [1.54, 1.807) is 35.1 Å². The fourth-order valence-corrected chi connectivity index (χ4v) is 3.52. The Bertz CT molecular complexity index is 1090. The van der Waals surface area contributed by atoms with Crippen molar-refractivity contribution in [2.75, 3.05) is 19.4 Å². The lowest BCUT2D eigenvalue weighted by atomic mass is 10.2. The Kier molecular flexibility index (Phi) is 5.11. The number of aryl methyl sites for hydroxylation is 1. The second-order valence-corrected chi connectivity index (χ2v) is 8.36. The third-order valence-electron chi connectivity index (χ3n) is 4.06. The van der Waals surface area contributed by atoms with Crippen molar-refractivity contribution in [2.45, 2.75) is 11.8 Å². The molecule has 1 N–H and O–H groups in total. The standard InChI is InChI=1S/C19H20N4O3S/c1-14-10-11-20-23(14)17-8-5-7-16(13-17)21-19(24)15-6-4-9-18(12-15)27(25,26)22(2)3/h4-13H,1-3H3,(H,21,24). The first-order valence-electron chi connectivity index (χ1n) is 8.24. The number of carbonyl (C=O) groups excluding carboxylic acids is 1. The van der Waals surface area contributed by atoms with E-state index in [4.69, 9.17) is 0 Å². The lowest BCUT2D eigenvalue weighted by Crippen LogP contribution is -2.22. The third-order valence-corrected chi connectivity index (χ3v) is 5.87. The molecule has 0 fully saturated rings.